The molecular formula is C24H34N2O6. The Hall–Kier alpha value is -2.87. The number of carbonyl (C=O) groups excluding carboxylic acids is 3. The third-order valence-corrected chi connectivity index (χ3v) is 5.64. The van der Waals surface area contributed by atoms with E-state index in [4.69, 9.17) is 9.47 Å². The molecule has 2 atom stereocenters. The largest absolute Gasteiger partial charge is 0.467 e. The summed E-state index contributed by atoms with van der Waals surface area (Å²) in [5.74, 6) is -1.36. The van der Waals surface area contributed by atoms with E-state index in [1.165, 1.54) is 13.3 Å². The van der Waals surface area contributed by atoms with Gasteiger partial charge in [0.1, 0.15) is 11.1 Å². The van der Waals surface area contributed by atoms with Gasteiger partial charge in [0.15, 0.2) is 11.3 Å². The molecule has 2 rings (SSSR count). The van der Waals surface area contributed by atoms with Gasteiger partial charge in [-0.2, -0.15) is 0 Å². The fourth-order valence-electron chi connectivity index (χ4n) is 3.96. The van der Waals surface area contributed by atoms with Crippen molar-refractivity contribution in [2.45, 2.75) is 64.1 Å². The lowest BCUT2D eigenvalue weighted by atomic mass is 9.74. The molecule has 32 heavy (non-hydrogen) atoms. The molecule has 0 radical (unpaired) electrons. The SMILES string of the molecule is COC(=O)[C@](Cc1ccccc1)(NC(=O)OC(C)(C)C)C1=CN[C@](CCO)(C(C)C)C1=O. The molecule has 1 heterocycles. The zero-order valence-electron chi connectivity index (χ0n) is 19.7. The number of methoxy groups -OCH3 is 1. The Morgan fingerprint density at radius 2 is 1.81 bits per heavy atom. The molecule has 1 aromatic rings. The van der Waals surface area contributed by atoms with E-state index in [2.05, 4.69) is 10.6 Å². The lowest BCUT2D eigenvalue weighted by molar-refractivity contribution is -0.148. The summed E-state index contributed by atoms with van der Waals surface area (Å²) >= 11 is 0. The number of ether oxygens (including phenoxy) is 2. The molecule has 0 saturated carbocycles. The number of carbonyl (C=O) groups is 3. The summed E-state index contributed by atoms with van der Waals surface area (Å²) in [6.07, 6.45) is 0.733. The minimum atomic E-state index is -1.82. The highest BCUT2D eigenvalue weighted by atomic mass is 16.6. The van der Waals surface area contributed by atoms with Crippen molar-refractivity contribution in [2.75, 3.05) is 13.7 Å². The maximum atomic E-state index is 13.7. The van der Waals surface area contributed by atoms with Crippen LogP contribution in [0.5, 0.6) is 0 Å². The molecule has 1 amide bonds. The lowest BCUT2D eigenvalue weighted by Gasteiger charge is -2.36. The zero-order valence-corrected chi connectivity index (χ0v) is 19.7. The summed E-state index contributed by atoms with van der Waals surface area (Å²) in [5, 5.41) is 15.4. The molecule has 176 valence electrons. The van der Waals surface area contributed by atoms with Crippen LogP contribution in [0, 0.1) is 5.92 Å². The van der Waals surface area contributed by atoms with Gasteiger partial charge in [-0.15, -0.1) is 0 Å². The molecule has 8 nitrogen and oxygen atoms in total. The molecule has 0 bridgehead atoms. The van der Waals surface area contributed by atoms with E-state index < -0.39 is 28.7 Å². The predicted molar refractivity (Wildman–Crippen MR) is 120 cm³/mol. The first-order chi connectivity index (χ1) is 14.9. The molecule has 0 fully saturated rings. The summed E-state index contributed by atoms with van der Waals surface area (Å²) in [4.78, 5) is 39.8. The number of amides is 1. The van der Waals surface area contributed by atoms with Crippen LogP contribution in [0.4, 0.5) is 4.79 Å². The van der Waals surface area contributed by atoms with Gasteiger partial charge >= 0.3 is 12.1 Å². The smallest absolute Gasteiger partial charge is 0.408 e. The average molecular weight is 447 g/mol. The van der Waals surface area contributed by atoms with Gasteiger partial charge < -0.3 is 25.2 Å². The van der Waals surface area contributed by atoms with Crippen LogP contribution in [0.2, 0.25) is 0 Å². The van der Waals surface area contributed by atoms with Gasteiger partial charge in [-0.05, 0) is 32.3 Å². The summed E-state index contributed by atoms with van der Waals surface area (Å²) < 4.78 is 10.5. The van der Waals surface area contributed by atoms with E-state index in [1.807, 2.05) is 19.9 Å². The highest BCUT2D eigenvalue weighted by Gasteiger charge is 2.56. The van der Waals surface area contributed by atoms with Crippen LogP contribution in [0.25, 0.3) is 0 Å². The number of Topliss-reactive ketones (excluding diaryl/α,β-unsaturated/α-hetero) is 1. The van der Waals surface area contributed by atoms with Crippen LogP contribution in [0.3, 0.4) is 0 Å². The number of hydrogen-bond donors (Lipinski definition) is 3. The number of benzene rings is 1. The van der Waals surface area contributed by atoms with Crippen LogP contribution in [-0.4, -0.2) is 53.3 Å². The van der Waals surface area contributed by atoms with Crippen molar-refractivity contribution in [1.29, 1.82) is 0 Å². The molecule has 3 N–H and O–H groups in total. The molecule has 1 aromatic carbocycles. The number of aliphatic hydroxyl groups is 1. The third kappa shape index (κ3) is 5.12. The molecule has 0 aromatic heterocycles. The highest BCUT2D eigenvalue weighted by molar-refractivity contribution is 6.12. The first kappa shape index (κ1) is 25.4. The standard InChI is InChI=1S/C24H34N2O6/c1-16(2)23(12-13-27)19(28)18(15-25-23)24(20(29)31-6,14-17-10-8-7-9-11-17)26-21(30)32-22(3,4)5/h7-11,15-16,25,27H,12-14H2,1-6H3,(H,26,30)/t23-,24-/m1/s1. The molecule has 0 saturated heterocycles. The Kier molecular flexibility index (Phi) is 7.72. The van der Waals surface area contributed by atoms with E-state index in [0.29, 0.717) is 5.56 Å². The van der Waals surface area contributed by atoms with Crippen molar-refractivity contribution in [1.82, 2.24) is 10.6 Å². The maximum absolute atomic E-state index is 13.7. The Balaban J connectivity index is 2.61. The molecule has 0 aliphatic carbocycles. The summed E-state index contributed by atoms with van der Waals surface area (Å²) in [6, 6.07) is 9.03. The first-order valence-corrected chi connectivity index (χ1v) is 10.7. The van der Waals surface area contributed by atoms with Gasteiger partial charge in [0.25, 0.3) is 0 Å². The molecule has 8 heteroatoms. The van der Waals surface area contributed by atoms with Crippen molar-refractivity contribution in [3.8, 4) is 0 Å². The van der Waals surface area contributed by atoms with Gasteiger partial charge in [0, 0.05) is 25.6 Å². The minimum Gasteiger partial charge on any atom is -0.467 e. The second-order valence-electron chi connectivity index (χ2n) is 9.32. The molecule has 0 spiro atoms. The first-order valence-electron chi connectivity index (χ1n) is 10.7. The Morgan fingerprint density at radius 1 is 1.19 bits per heavy atom. The number of hydrogen-bond acceptors (Lipinski definition) is 7. The molecule has 1 aliphatic rings. The van der Waals surface area contributed by atoms with E-state index in [0.717, 1.165) is 0 Å². The second kappa shape index (κ2) is 9.73. The Morgan fingerprint density at radius 3 is 2.31 bits per heavy atom. The molecular weight excluding hydrogens is 412 g/mol. The van der Waals surface area contributed by atoms with Crippen LogP contribution in [0.1, 0.15) is 46.6 Å². The van der Waals surface area contributed by atoms with Crippen molar-refractivity contribution in [3.05, 3.63) is 47.7 Å². The van der Waals surface area contributed by atoms with Crippen LogP contribution >= 0.6 is 0 Å². The number of ketones is 1. The monoisotopic (exact) mass is 446 g/mol. The number of rotatable bonds is 8. The van der Waals surface area contributed by atoms with Gasteiger partial charge in [0.2, 0.25) is 0 Å². The van der Waals surface area contributed by atoms with E-state index in [9.17, 15) is 19.5 Å². The van der Waals surface area contributed by atoms with Crippen molar-refractivity contribution in [2.24, 2.45) is 5.92 Å². The molecule has 1 aliphatic heterocycles. The van der Waals surface area contributed by atoms with Gasteiger partial charge in [-0.1, -0.05) is 44.2 Å². The fourth-order valence-corrected chi connectivity index (χ4v) is 3.96. The van der Waals surface area contributed by atoms with Gasteiger partial charge in [-0.3, -0.25) is 4.79 Å². The highest BCUT2D eigenvalue weighted by Crippen LogP contribution is 2.37. The fraction of sp³-hybridized carbons (Fsp3) is 0.542. The van der Waals surface area contributed by atoms with Gasteiger partial charge in [0.05, 0.1) is 12.7 Å². The van der Waals surface area contributed by atoms with Crippen molar-refractivity contribution >= 4 is 17.8 Å². The van der Waals surface area contributed by atoms with Gasteiger partial charge in [-0.25, -0.2) is 9.59 Å². The second-order valence-corrected chi connectivity index (χ2v) is 9.32. The van der Waals surface area contributed by atoms with Crippen LogP contribution in [-0.2, 0) is 25.5 Å². The quantitative estimate of drug-likeness (QED) is 0.526. The summed E-state index contributed by atoms with van der Waals surface area (Å²) in [6.45, 7) is 8.61. The number of esters is 1. The van der Waals surface area contributed by atoms with Crippen molar-refractivity contribution < 1.29 is 29.0 Å². The molecule has 0 unspecified atom stereocenters. The Labute approximate surface area is 189 Å². The number of alkyl carbamates (subject to hydrolysis) is 1. The topological polar surface area (TPSA) is 114 Å². The number of nitrogens with one attached hydrogen (secondary N) is 2. The third-order valence-electron chi connectivity index (χ3n) is 5.64. The van der Waals surface area contributed by atoms with Crippen molar-refractivity contribution in [3.63, 3.8) is 0 Å². The van der Waals surface area contributed by atoms with E-state index >= 15 is 0 Å². The zero-order chi connectivity index (χ0) is 24.2. The minimum absolute atomic E-state index is 0.0215. The van der Waals surface area contributed by atoms with E-state index in [-0.39, 0.29) is 36.7 Å². The normalized spacial score (nSPS) is 20.2. The lowest BCUT2D eigenvalue weighted by Crippen LogP contribution is -2.61. The van der Waals surface area contributed by atoms with E-state index in [1.54, 1.807) is 45.0 Å². The predicted octanol–water partition coefficient (Wildman–Crippen LogP) is 2.50. The maximum Gasteiger partial charge on any atom is 0.408 e. The van der Waals surface area contributed by atoms with Crippen LogP contribution in [0.15, 0.2) is 42.1 Å². The van der Waals surface area contributed by atoms with Crippen LogP contribution < -0.4 is 10.6 Å². The summed E-state index contributed by atoms with van der Waals surface area (Å²) in [7, 11) is 1.20. The average Bonchev–Trinajstić information content (AvgIpc) is 3.04. The Bertz CT molecular complexity index is 874. The summed E-state index contributed by atoms with van der Waals surface area (Å²) in [5.41, 5.74) is -2.97. The number of aliphatic hydroxyl groups excluding tert-OH is 1.